The summed E-state index contributed by atoms with van der Waals surface area (Å²) in [7, 11) is 0. The number of hydrogen-bond donors (Lipinski definition) is 0. The lowest BCUT2D eigenvalue weighted by Gasteiger charge is -2.33. The summed E-state index contributed by atoms with van der Waals surface area (Å²) in [5, 5.41) is 0. The van der Waals surface area contributed by atoms with Crippen LogP contribution in [0.15, 0.2) is 30.3 Å². The van der Waals surface area contributed by atoms with Gasteiger partial charge in [0.25, 0.3) is 5.92 Å². The van der Waals surface area contributed by atoms with Gasteiger partial charge >= 0.3 is 0 Å². The molecule has 43 heavy (non-hydrogen) atoms. The molecule has 2 aromatic rings. The van der Waals surface area contributed by atoms with Crippen LogP contribution in [-0.4, -0.2) is 11.6 Å². The van der Waals surface area contributed by atoms with E-state index in [0.29, 0.717) is 24.2 Å². The van der Waals surface area contributed by atoms with Crippen LogP contribution in [0.4, 0.5) is 13.2 Å². The average Bonchev–Trinajstić information content (AvgIpc) is 3.92. The monoisotopic (exact) mass is 597 g/mol. The molecule has 0 amide bonds. The molecular weight excluding hydrogens is 543 g/mol. The van der Waals surface area contributed by atoms with Crippen molar-refractivity contribution in [3.8, 4) is 5.88 Å². The van der Waals surface area contributed by atoms with Gasteiger partial charge in [-0.1, -0.05) is 115 Å². The van der Waals surface area contributed by atoms with E-state index in [0.717, 1.165) is 43.4 Å². The third kappa shape index (κ3) is 9.47. The van der Waals surface area contributed by atoms with Gasteiger partial charge in [0.1, 0.15) is 0 Å². The number of fused-ring (bicyclic) bond motifs is 1. The maximum absolute atomic E-state index is 15.7. The Hall–Kier alpha value is -2.04. The lowest BCUT2D eigenvalue weighted by molar-refractivity contribution is -0.0475. The van der Waals surface area contributed by atoms with Crippen molar-refractivity contribution in [1.29, 1.82) is 0 Å². The first kappa shape index (κ1) is 32.4. The molecule has 0 saturated heterocycles. The number of halogens is 3. The Bertz CT molecular complexity index is 1120. The summed E-state index contributed by atoms with van der Waals surface area (Å²) in [5.41, 5.74) is 1.56. The van der Waals surface area contributed by atoms with Crippen LogP contribution in [0.25, 0.3) is 0 Å². The molecule has 0 spiro atoms. The zero-order valence-corrected chi connectivity index (χ0v) is 26.5. The van der Waals surface area contributed by atoms with Crippen molar-refractivity contribution in [3.05, 3.63) is 58.5 Å². The number of aryl methyl sites for hydroxylation is 2. The van der Waals surface area contributed by atoms with E-state index in [4.69, 9.17) is 4.74 Å². The standard InChI is InChI=1S/C38H54F3NO/c1-2-30(31-22-23-31)15-11-8-12-26-43-35-27-33-24-25-34(38(40,41)36(33)37(39)42-35)32-20-18-29(19-21-32)14-10-7-5-3-4-6-9-13-28-16-17-28/h18-21,27-28,30-31,34H,2-17,22-26H2,1H3. The molecule has 3 aliphatic carbocycles. The third-order valence-electron chi connectivity index (χ3n) is 10.4. The number of rotatable bonds is 20. The molecule has 0 radical (unpaired) electrons. The first-order chi connectivity index (χ1) is 21.0. The quantitative estimate of drug-likeness (QED) is 0.112. The average molecular weight is 598 g/mol. The molecule has 1 aromatic heterocycles. The zero-order valence-electron chi connectivity index (χ0n) is 26.5. The first-order valence-corrected chi connectivity index (χ1v) is 17.7. The maximum Gasteiger partial charge on any atom is 0.284 e. The van der Waals surface area contributed by atoms with E-state index >= 15 is 13.2 Å². The van der Waals surface area contributed by atoms with Gasteiger partial charge in [-0.25, -0.2) is 8.78 Å². The van der Waals surface area contributed by atoms with Gasteiger partial charge in [-0.2, -0.15) is 9.37 Å². The maximum atomic E-state index is 15.7. The van der Waals surface area contributed by atoms with Crippen molar-refractivity contribution in [2.45, 2.75) is 147 Å². The smallest absolute Gasteiger partial charge is 0.284 e. The number of nitrogens with zero attached hydrogens (tertiary/aromatic N) is 1. The van der Waals surface area contributed by atoms with Crippen molar-refractivity contribution in [1.82, 2.24) is 4.98 Å². The molecule has 2 unspecified atom stereocenters. The molecule has 5 rings (SSSR count). The highest BCUT2D eigenvalue weighted by Gasteiger charge is 2.49. The second kappa shape index (κ2) is 15.8. The Kier molecular flexibility index (Phi) is 11.9. The fourth-order valence-electron chi connectivity index (χ4n) is 7.36. The number of benzene rings is 1. The van der Waals surface area contributed by atoms with Gasteiger partial charge < -0.3 is 4.74 Å². The third-order valence-corrected chi connectivity index (χ3v) is 10.4. The second-order valence-electron chi connectivity index (χ2n) is 13.9. The van der Waals surface area contributed by atoms with Gasteiger partial charge in [0, 0.05) is 6.07 Å². The number of unbranched alkanes of at least 4 members (excludes halogenated alkanes) is 8. The van der Waals surface area contributed by atoms with E-state index < -0.39 is 23.4 Å². The van der Waals surface area contributed by atoms with Crippen LogP contribution >= 0.6 is 0 Å². The Morgan fingerprint density at radius 2 is 1.56 bits per heavy atom. The van der Waals surface area contributed by atoms with Crippen molar-refractivity contribution < 1.29 is 17.9 Å². The van der Waals surface area contributed by atoms with Gasteiger partial charge in [-0.3, -0.25) is 0 Å². The highest BCUT2D eigenvalue weighted by atomic mass is 19.3. The van der Waals surface area contributed by atoms with E-state index in [-0.39, 0.29) is 12.3 Å². The molecule has 238 valence electrons. The minimum atomic E-state index is -3.30. The van der Waals surface area contributed by atoms with Crippen LogP contribution in [0.1, 0.15) is 151 Å². The van der Waals surface area contributed by atoms with Crippen LogP contribution in [0, 0.1) is 23.7 Å². The Labute approximate surface area is 258 Å². The molecule has 2 nitrogen and oxygen atoms in total. The lowest BCUT2D eigenvalue weighted by Crippen LogP contribution is -2.32. The van der Waals surface area contributed by atoms with E-state index in [9.17, 15) is 0 Å². The summed E-state index contributed by atoms with van der Waals surface area (Å²) < 4.78 is 52.2. The summed E-state index contributed by atoms with van der Waals surface area (Å²) in [5.74, 6) is -2.44. The van der Waals surface area contributed by atoms with Gasteiger partial charge in [0.2, 0.25) is 11.8 Å². The first-order valence-electron chi connectivity index (χ1n) is 17.7. The van der Waals surface area contributed by atoms with E-state index in [1.165, 1.54) is 95.5 Å². The summed E-state index contributed by atoms with van der Waals surface area (Å²) in [6.07, 6.45) is 23.5. The molecule has 0 N–H and O–H groups in total. The van der Waals surface area contributed by atoms with E-state index in [1.54, 1.807) is 6.07 Å². The molecule has 1 heterocycles. The van der Waals surface area contributed by atoms with Crippen LogP contribution in [0.5, 0.6) is 5.88 Å². The van der Waals surface area contributed by atoms with Crippen molar-refractivity contribution in [2.24, 2.45) is 17.8 Å². The van der Waals surface area contributed by atoms with Gasteiger partial charge in [0.05, 0.1) is 18.1 Å². The Morgan fingerprint density at radius 3 is 2.26 bits per heavy atom. The summed E-state index contributed by atoms with van der Waals surface area (Å²) in [6, 6.07) is 9.17. The van der Waals surface area contributed by atoms with Crippen molar-refractivity contribution >= 4 is 0 Å². The highest BCUT2D eigenvalue weighted by molar-refractivity contribution is 5.40. The topological polar surface area (TPSA) is 22.1 Å². The normalized spacial score (nSPS) is 20.1. The van der Waals surface area contributed by atoms with Crippen molar-refractivity contribution in [2.75, 3.05) is 6.61 Å². The predicted octanol–water partition coefficient (Wildman–Crippen LogP) is 11.5. The summed E-state index contributed by atoms with van der Waals surface area (Å²) in [4.78, 5) is 3.82. The van der Waals surface area contributed by atoms with Crippen LogP contribution in [-0.2, 0) is 18.8 Å². The number of hydrogen-bond acceptors (Lipinski definition) is 2. The molecule has 5 heteroatoms. The Balaban J connectivity index is 1.04. The summed E-state index contributed by atoms with van der Waals surface area (Å²) in [6.45, 7) is 2.72. The predicted molar refractivity (Wildman–Crippen MR) is 169 cm³/mol. The van der Waals surface area contributed by atoms with Gasteiger partial charge in [-0.05, 0) is 79.4 Å². The molecule has 2 saturated carbocycles. The fourth-order valence-corrected chi connectivity index (χ4v) is 7.36. The highest BCUT2D eigenvalue weighted by Crippen LogP contribution is 2.50. The Morgan fingerprint density at radius 1 is 0.860 bits per heavy atom. The van der Waals surface area contributed by atoms with E-state index in [2.05, 4.69) is 11.9 Å². The molecule has 0 aliphatic heterocycles. The molecule has 3 aliphatic rings. The SMILES string of the molecule is CCC(CCCCCOc1cc2c(c(F)n1)C(F)(F)C(c1ccc(CCCCCCCCCC3CC3)cc1)CC2)C1CC1. The summed E-state index contributed by atoms with van der Waals surface area (Å²) >= 11 is 0. The van der Waals surface area contributed by atoms with Crippen LogP contribution in [0.3, 0.4) is 0 Å². The number of alkyl halides is 2. The largest absolute Gasteiger partial charge is 0.478 e. The van der Waals surface area contributed by atoms with Crippen LogP contribution < -0.4 is 4.74 Å². The van der Waals surface area contributed by atoms with Gasteiger partial charge in [0.15, 0.2) is 0 Å². The molecule has 2 atom stereocenters. The van der Waals surface area contributed by atoms with Crippen LogP contribution in [0.2, 0.25) is 0 Å². The number of pyridine rings is 1. The second-order valence-corrected chi connectivity index (χ2v) is 13.9. The van der Waals surface area contributed by atoms with Gasteiger partial charge in [-0.15, -0.1) is 0 Å². The molecule has 0 bridgehead atoms. The molecular formula is C38H54F3NO. The minimum absolute atomic E-state index is 0.132. The van der Waals surface area contributed by atoms with Crippen molar-refractivity contribution in [3.63, 3.8) is 0 Å². The minimum Gasteiger partial charge on any atom is -0.478 e. The number of ether oxygens (including phenoxy) is 1. The fraction of sp³-hybridized carbons (Fsp3) is 0.711. The lowest BCUT2D eigenvalue weighted by atomic mass is 9.77. The number of aromatic nitrogens is 1. The van der Waals surface area contributed by atoms with E-state index in [1.807, 2.05) is 24.3 Å². The molecule has 2 fully saturated rings. The zero-order chi connectivity index (χ0) is 30.1. The molecule has 1 aromatic carbocycles.